The molecule has 1 N–H and O–H groups in total. The molecule has 0 atom stereocenters. The summed E-state index contributed by atoms with van der Waals surface area (Å²) in [7, 11) is 1.37. The van der Waals surface area contributed by atoms with Crippen LogP contribution in [0.15, 0.2) is 48.1 Å². The van der Waals surface area contributed by atoms with Gasteiger partial charge in [0.2, 0.25) is 0 Å². The fraction of sp³-hybridized carbons (Fsp3) is 0.118. The van der Waals surface area contributed by atoms with Crippen molar-refractivity contribution in [3.63, 3.8) is 0 Å². The van der Waals surface area contributed by atoms with E-state index in [-0.39, 0.29) is 5.97 Å². The van der Waals surface area contributed by atoms with Crippen LogP contribution in [0.5, 0.6) is 0 Å². The normalized spacial score (nSPS) is 10.3. The second-order valence-electron chi connectivity index (χ2n) is 4.93. The lowest BCUT2D eigenvalue weighted by Gasteiger charge is -2.08. The van der Waals surface area contributed by atoms with E-state index < -0.39 is 0 Å². The lowest BCUT2D eigenvalue weighted by atomic mass is 10.1. The van der Waals surface area contributed by atoms with E-state index in [0.717, 1.165) is 27.6 Å². The van der Waals surface area contributed by atoms with Crippen LogP contribution in [0.1, 0.15) is 15.9 Å². The Balaban J connectivity index is 1.85. The zero-order valence-corrected chi connectivity index (χ0v) is 13.6. The Bertz CT molecular complexity index is 831. The third kappa shape index (κ3) is 3.37. The van der Waals surface area contributed by atoms with Crippen LogP contribution in [-0.2, 0) is 4.74 Å². The summed E-state index contributed by atoms with van der Waals surface area (Å²) in [5, 5.41) is 5.99. The molecule has 23 heavy (non-hydrogen) atoms. The molecular weight excluding hydrogens is 310 g/mol. The highest BCUT2D eigenvalue weighted by Crippen LogP contribution is 2.28. The number of methoxy groups -OCH3 is 1. The minimum atomic E-state index is -0.358. The number of carbonyl (C=O) groups is 1. The molecule has 0 aliphatic carbocycles. The van der Waals surface area contributed by atoms with Crippen LogP contribution in [0.2, 0.25) is 0 Å². The molecule has 0 bridgehead atoms. The van der Waals surface area contributed by atoms with E-state index >= 15 is 0 Å². The number of hydrogen-bond acceptors (Lipinski definition) is 6. The van der Waals surface area contributed by atoms with Gasteiger partial charge in [-0.2, -0.15) is 0 Å². The van der Waals surface area contributed by atoms with Crippen LogP contribution in [0.4, 0.5) is 10.8 Å². The Hall–Kier alpha value is -2.73. The van der Waals surface area contributed by atoms with Crippen LogP contribution in [0, 0.1) is 6.92 Å². The highest BCUT2D eigenvalue weighted by atomic mass is 32.1. The van der Waals surface area contributed by atoms with Gasteiger partial charge in [-0.3, -0.25) is 4.98 Å². The lowest BCUT2D eigenvalue weighted by Crippen LogP contribution is -2.03. The number of carbonyl (C=O) groups excluding carboxylic acids is 1. The Morgan fingerprint density at radius 3 is 2.91 bits per heavy atom. The maximum atomic E-state index is 11.6. The molecule has 0 aliphatic heterocycles. The number of thiazole rings is 1. The fourth-order valence-corrected chi connectivity index (χ4v) is 2.83. The van der Waals surface area contributed by atoms with Gasteiger partial charge in [0.25, 0.3) is 0 Å². The molecule has 116 valence electrons. The first-order valence-corrected chi connectivity index (χ1v) is 7.87. The first kappa shape index (κ1) is 15.2. The number of aryl methyl sites for hydroxylation is 1. The van der Waals surface area contributed by atoms with Crippen LogP contribution < -0.4 is 5.32 Å². The van der Waals surface area contributed by atoms with Crippen molar-refractivity contribution < 1.29 is 9.53 Å². The largest absolute Gasteiger partial charge is 0.465 e. The van der Waals surface area contributed by atoms with Crippen molar-refractivity contribution in [1.82, 2.24) is 9.97 Å². The van der Waals surface area contributed by atoms with Gasteiger partial charge in [-0.15, -0.1) is 11.3 Å². The number of pyridine rings is 1. The first-order chi connectivity index (χ1) is 11.2. The number of hydrogen-bond donors (Lipinski definition) is 1. The molecular formula is C17H15N3O2S. The number of benzene rings is 1. The molecule has 0 amide bonds. The van der Waals surface area contributed by atoms with Crippen molar-refractivity contribution in [1.29, 1.82) is 0 Å². The van der Waals surface area contributed by atoms with E-state index in [1.807, 2.05) is 30.5 Å². The van der Waals surface area contributed by atoms with Gasteiger partial charge >= 0.3 is 5.97 Å². The lowest BCUT2D eigenvalue weighted by molar-refractivity contribution is 0.0601. The first-order valence-electron chi connectivity index (χ1n) is 6.99. The SMILES string of the molecule is COC(=O)c1ccc(C)c(Nc2nc(-c3cccnc3)cs2)c1. The Labute approximate surface area is 138 Å². The number of anilines is 2. The second kappa shape index (κ2) is 6.58. The number of nitrogens with zero attached hydrogens (tertiary/aromatic N) is 2. The third-order valence-corrected chi connectivity index (χ3v) is 4.12. The predicted octanol–water partition coefficient (Wildman–Crippen LogP) is 4.04. The maximum absolute atomic E-state index is 11.6. The molecule has 1 aromatic carbocycles. The third-order valence-electron chi connectivity index (χ3n) is 3.36. The highest BCUT2D eigenvalue weighted by molar-refractivity contribution is 7.14. The van der Waals surface area contributed by atoms with Gasteiger partial charge in [-0.05, 0) is 36.8 Å². The molecule has 0 spiro atoms. The number of rotatable bonds is 4. The molecule has 0 radical (unpaired) electrons. The van der Waals surface area contributed by atoms with Crippen molar-refractivity contribution >= 4 is 28.1 Å². The molecule has 0 aliphatic rings. The van der Waals surface area contributed by atoms with Crippen molar-refractivity contribution in [2.45, 2.75) is 6.92 Å². The average Bonchev–Trinajstić information content (AvgIpc) is 3.05. The van der Waals surface area contributed by atoms with Crippen molar-refractivity contribution in [3.8, 4) is 11.3 Å². The summed E-state index contributed by atoms with van der Waals surface area (Å²) in [4.78, 5) is 20.3. The minimum Gasteiger partial charge on any atom is -0.465 e. The van der Waals surface area contributed by atoms with E-state index in [2.05, 4.69) is 15.3 Å². The van der Waals surface area contributed by atoms with Crippen LogP contribution >= 0.6 is 11.3 Å². The molecule has 2 heterocycles. The number of ether oxygens (including phenoxy) is 1. The smallest absolute Gasteiger partial charge is 0.337 e. The average molecular weight is 325 g/mol. The van der Waals surface area contributed by atoms with E-state index in [4.69, 9.17) is 4.74 Å². The number of aromatic nitrogens is 2. The van der Waals surface area contributed by atoms with E-state index in [9.17, 15) is 4.79 Å². The van der Waals surface area contributed by atoms with Gasteiger partial charge in [0.1, 0.15) is 0 Å². The van der Waals surface area contributed by atoms with Gasteiger partial charge in [-0.25, -0.2) is 9.78 Å². The highest BCUT2D eigenvalue weighted by Gasteiger charge is 2.10. The van der Waals surface area contributed by atoms with Crippen LogP contribution in [0.3, 0.4) is 0 Å². The summed E-state index contributed by atoms with van der Waals surface area (Å²) in [5.74, 6) is -0.358. The molecule has 3 rings (SSSR count). The summed E-state index contributed by atoms with van der Waals surface area (Å²) >= 11 is 1.50. The fourth-order valence-electron chi connectivity index (χ4n) is 2.09. The van der Waals surface area contributed by atoms with E-state index in [1.54, 1.807) is 24.5 Å². The molecule has 0 saturated carbocycles. The van der Waals surface area contributed by atoms with E-state index in [1.165, 1.54) is 18.4 Å². The quantitative estimate of drug-likeness (QED) is 0.733. The zero-order chi connectivity index (χ0) is 16.2. The van der Waals surface area contributed by atoms with Gasteiger partial charge in [-0.1, -0.05) is 6.07 Å². The molecule has 0 fully saturated rings. The van der Waals surface area contributed by atoms with Crippen molar-refractivity contribution in [2.75, 3.05) is 12.4 Å². The summed E-state index contributed by atoms with van der Waals surface area (Å²) in [6, 6.07) is 9.24. The molecule has 3 aromatic rings. The number of nitrogens with one attached hydrogen (secondary N) is 1. The predicted molar refractivity (Wildman–Crippen MR) is 91.1 cm³/mol. The Morgan fingerprint density at radius 2 is 2.17 bits per heavy atom. The maximum Gasteiger partial charge on any atom is 0.337 e. The monoisotopic (exact) mass is 325 g/mol. The topological polar surface area (TPSA) is 64.1 Å². The zero-order valence-electron chi connectivity index (χ0n) is 12.7. The van der Waals surface area contributed by atoms with Gasteiger partial charge in [0, 0.05) is 29.0 Å². The summed E-state index contributed by atoms with van der Waals surface area (Å²) in [6.45, 7) is 1.97. The Morgan fingerprint density at radius 1 is 1.30 bits per heavy atom. The standard InChI is InChI=1S/C17H15N3O2S/c1-11-5-6-12(16(21)22-2)8-14(11)19-17-20-15(10-23-17)13-4-3-7-18-9-13/h3-10H,1-2H3,(H,19,20). The van der Waals surface area contributed by atoms with Crippen LogP contribution in [0.25, 0.3) is 11.3 Å². The van der Waals surface area contributed by atoms with Crippen LogP contribution in [-0.4, -0.2) is 23.0 Å². The van der Waals surface area contributed by atoms with Gasteiger partial charge < -0.3 is 10.1 Å². The van der Waals surface area contributed by atoms with Gasteiger partial charge in [0.05, 0.1) is 18.4 Å². The Kier molecular flexibility index (Phi) is 4.34. The molecule has 0 unspecified atom stereocenters. The van der Waals surface area contributed by atoms with Gasteiger partial charge in [0.15, 0.2) is 5.13 Å². The molecule has 6 heteroatoms. The minimum absolute atomic E-state index is 0.358. The molecule has 0 saturated heterocycles. The van der Waals surface area contributed by atoms with E-state index in [0.29, 0.717) is 5.56 Å². The summed E-state index contributed by atoms with van der Waals surface area (Å²) < 4.78 is 4.76. The second-order valence-corrected chi connectivity index (χ2v) is 5.78. The molecule has 2 aromatic heterocycles. The van der Waals surface area contributed by atoms with Crippen molar-refractivity contribution in [3.05, 3.63) is 59.2 Å². The summed E-state index contributed by atoms with van der Waals surface area (Å²) in [5.41, 5.74) is 4.20. The van der Waals surface area contributed by atoms with Crippen molar-refractivity contribution in [2.24, 2.45) is 0 Å². The number of esters is 1. The molecule has 5 nitrogen and oxygen atoms in total. The summed E-state index contributed by atoms with van der Waals surface area (Å²) in [6.07, 6.45) is 3.51.